The van der Waals surface area contributed by atoms with Crippen molar-refractivity contribution in [3.63, 3.8) is 0 Å². The molecule has 0 radical (unpaired) electrons. The number of nitrogens with two attached hydrogens (primary N) is 1. The standard InChI is InChI=1S/C27H33N5O4S/c1-19-2-4-23-22(12-19)24(29-16-27(28)17-36-18-27)14-26(30-23)32-8-11-37(33,34)25-5-3-21(13-20(25)15-32)31-6-9-35-10-7-31/h2-5,12-14H,6-11,15-18,28H2,1H3,(H,29,30). The summed E-state index contributed by atoms with van der Waals surface area (Å²) >= 11 is 0. The number of sulfone groups is 1. The van der Waals surface area contributed by atoms with Gasteiger partial charge in [0.05, 0.1) is 48.1 Å². The second-order valence-electron chi connectivity index (χ2n) is 10.4. The number of ether oxygens (including phenoxy) is 2. The third kappa shape index (κ3) is 4.86. The Balaban J connectivity index is 1.37. The Morgan fingerprint density at radius 3 is 2.59 bits per heavy atom. The highest BCUT2D eigenvalue weighted by atomic mass is 32.2. The predicted molar refractivity (Wildman–Crippen MR) is 145 cm³/mol. The van der Waals surface area contributed by atoms with Gasteiger partial charge in [-0.2, -0.15) is 0 Å². The van der Waals surface area contributed by atoms with Crippen LogP contribution in [-0.2, 0) is 25.9 Å². The van der Waals surface area contributed by atoms with Crippen LogP contribution in [0.3, 0.4) is 0 Å². The number of morpholine rings is 1. The fourth-order valence-electron chi connectivity index (χ4n) is 5.20. The van der Waals surface area contributed by atoms with E-state index in [0.717, 1.165) is 52.3 Å². The minimum Gasteiger partial charge on any atom is -0.382 e. The fourth-order valence-corrected chi connectivity index (χ4v) is 6.68. The third-order valence-electron chi connectivity index (χ3n) is 7.43. The second-order valence-corrected chi connectivity index (χ2v) is 12.5. The van der Waals surface area contributed by atoms with Gasteiger partial charge in [0, 0.05) is 55.6 Å². The number of hydrogen-bond acceptors (Lipinski definition) is 9. The molecule has 37 heavy (non-hydrogen) atoms. The molecule has 0 amide bonds. The van der Waals surface area contributed by atoms with E-state index in [4.69, 9.17) is 20.2 Å². The van der Waals surface area contributed by atoms with Gasteiger partial charge in [-0.15, -0.1) is 0 Å². The summed E-state index contributed by atoms with van der Waals surface area (Å²) in [6, 6.07) is 13.9. The maximum atomic E-state index is 13.2. The predicted octanol–water partition coefficient (Wildman–Crippen LogP) is 2.31. The molecule has 4 heterocycles. The van der Waals surface area contributed by atoms with Gasteiger partial charge < -0.3 is 30.3 Å². The Labute approximate surface area is 217 Å². The van der Waals surface area contributed by atoms with E-state index < -0.39 is 9.84 Å². The summed E-state index contributed by atoms with van der Waals surface area (Å²) in [5.41, 5.74) is 10.8. The van der Waals surface area contributed by atoms with Gasteiger partial charge in [0.25, 0.3) is 0 Å². The number of nitrogens with zero attached hydrogens (tertiary/aromatic N) is 3. The summed E-state index contributed by atoms with van der Waals surface area (Å²) in [5, 5.41) is 4.55. The molecule has 0 saturated carbocycles. The van der Waals surface area contributed by atoms with Gasteiger partial charge in [-0.3, -0.25) is 0 Å². The van der Waals surface area contributed by atoms with Gasteiger partial charge in [-0.25, -0.2) is 13.4 Å². The summed E-state index contributed by atoms with van der Waals surface area (Å²) < 4.78 is 37.2. The number of rotatable bonds is 5. The maximum absolute atomic E-state index is 13.2. The maximum Gasteiger partial charge on any atom is 0.180 e. The monoisotopic (exact) mass is 523 g/mol. The number of aromatic nitrogens is 1. The van der Waals surface area contributed by atoms with E-state index in [2.05, 4.69) is 28.1 Å². The average molecular weight is 524 g/mol. The summed E-state index contributed by atoms with van der Waals surface area (Å²) in [6.45, 7) is 7.47. The van der Waals surface area contributed by atoms with Crippen molar-refractivity contribution in [1.82, 2.24) is 4.98 Å². The van der Waals surface area contributed by atoms with Gasteiger partial charge in [0.2, 0.25) is 0 Å². The van der Waals surface area contributed by atoms with Crippen molar-refractivity contribution < 1.29 is 17.9 Å². The zero-order valence-electron chi connectivity index (χ0n) is 21.1. The number of nitrogens with one attached hydrogen (secondary N) is 1. The first-order chi connectivity index (χ1) is 17.8. The Kier molecular flexibility index (Phi) is 6.22. The highest BCUT2D eigenvalue weighted by Gasteiger charge is 2.34. The number of hydrogen-bond donors (Lipinski definition) is 2. The van der Waals surface area contributed by atoms with Crippen LogP contribution in [-0.4, -0.2) is 77.3 Å². The quantitative estimate of drug-likeness (QED) is 0.521. The smallest absolute Gasteiger partial charge is 0.180 e. The van der Waals surface area contributed by atoms with E-state index in [1.54, 1.807) is 6.07 Å². The average Bonchev–Trinajstić information content (AvgIpc) is 3.02. The summed E-state index contributed by atoms with van der Waals surface area (Å²) in [6.07, 6.45) is 0. The molecule has 0 spiro atoms. The van der Waals surface area contributed by atoms with Crippen LogP contribution >= 0.6 is 0 Å². The van der Waals surface area contributed by atoms with Crippen molar-refractivity contribution >= 4 is 37.9 Å². The Bertz CT molecular complexity index is 1430. The molecular formula is C27H33N5O4S. The molecule has 0 bridgehead atoms. The molecule has 2 saturated heterocycles. The third-order valence-corrected chi connectivity index (χ3v) is 9.22. The Morgan fingerprint density at radius 1 is 1.03 bits per heavy atom. The van der Waals surface area contributed by atoms with Crippen LogP contribution in [0.2, 0.25) is 0 Å². The van der Waals surface area contributed by atoms with Crippen LogP contribution in [0.5, 0.6) is 0 Å². The van der Waals surface area contributed by atoms with Crippen molar-refractivity contribution in [2.45, 2.75) is 23.9 Å². The first-order valence-corrected chi connectivity index (χ1v) is 14.4. The molecule has 3 aliphatic heterocycles. The molecule has 9 nitrogen and oxygen atoms in total. The normalized spacial score (nSPS) is 20.7. The second kappa shape index (κ2) is 9.43. The van der Waals surface area contributed by atoms with E-state index in [-0.39, 0.29) is 11.3 Å². The van der Waals surface area contributed by atoms with Crippen LogP contribution in [0.25, 0.3) is 10.9 Å². The SMILES string of the molecule is Cc1ccc2nc(N3CCS(=O)(=O)c4ccc(N5CCOCC5)cc4C3)cc(NCC3(N)COC3)c2c1. The molecule has 3 aliphatic rings. The molecule has 0 aliphatic carbocycles. The molecule has 2 fully saturated rings. The van der Waals surface area contributed by atoms with Gasteiger partial charge in [0.1, 0.15) is 5.82 Å². The first-order valence-electron chi connectivity index (χ1n) is 12.8. The molecule has 10 heteroatoms. The number of pyridine rings is 1. The lowest BCUT2D eigenvalue weighted by Crippen LogP contribution is -2.61. The fraction of sp³-hybridized carbons (Fsp3) is 0.444. The van der Waals surface area contributed by atoms with Gasteiger partial charge >= 0.3 is 0 Å². The molecule has 3 N–H and O–H groups in total. The molecule has 196 valence electrons. The zero-order valence-corrected chi connectivity index (χ0v) is 21.9. The van der Waals surface area contributed by atoms with Gasteiger partial charge in [-0.05, 0) is 42.8 Å². The topological polar surface area (TPSA) is 110 Å². The molecule has 3 aromatic rings. The molecule has 1 aromatic heterocycles. The minimum absolute atomic E-state index is 0.0382. The van der Waals surface area contributed by atoms with Crippen LogP contribution < -0.4 is 20.9 Å². The largest absolute Gasteiger partial charge is 0.382 e. The highest BCUT2D eigenvalue weighted by Crippen LogP contribution is 2.33. The van der Waals surface area contributed by atoms with Crippen molar-refractivity contribution in [2.75, 3.05) is 73.5 Å². The van der Waals surface area contributed by atoms with E-state index in [0.29, 0.717) is 51.0 Å². The number of anilines is 3. The van der Waals surface area contributed by atoms with Crippen LogP contribution in [0.15, 0.2) is 47.4 Å². The molecule has 0 unspecified atom stereocenters. The first kappa shape index (κ1) is 24.4. The van der Waals surface area contributed by atoms with E-state index >= 15 is 0 Å². The lowest BCUT2D eigenvalue weighted by atomic mass is 9.99. The van der Waals surface area contributed by atoms with Crippen LogP contribution in [0, 0.1) is 6.92 Å². The van der Waals surface area contributed by atoms with Crippen LogP contribution in [0.1, 0.15) is 11.1 Å². The van der Waals surface area contributed by atoms with Gasteiger partial charge in [0.15, 0.2) is 9.84 Å². The summed E-state index contributed by atoms with van der Waals surface area (Å²) in [4.78, 5) is 9.69. The van der Waals surface area contributed by atoms with Crippen molar-refractivity contribution in [1.29, 1.82) is 0 Å². The number of aryl methyl sites for hydroxylation is 1. The molecule has 6 rings (SSSR count). The van der Waals surface area contributed by atoms with Crippen molar-refractivity contribution in [3.05, 3.63) is 53.6 Å². The van der Waals surface area contributed by atoms with E-state index in [9.17, 15) is 8.42 Å². The molecule has 0 atom stereocenters. The lowest BCUT2D eigenvalue weighted by molar-refractivity contribution is -0.0461. The van der Waals surface area contributed by atoms with Crippen molar-refractivity contribution in [2.24, 2.45) is 5.73 Å². The van der Waals surface area contributed by atoms with Crippen LogP contribution in [0.4, 0.5) is 17.2 Å². The zero-order chi connectivity index (χ0) is 25.6. The molecular weight excluding hydrogens is 490 g/mol. The number of fused-ring (bicyclic) bond motifs is 2. The molecule has 2 aromatic carbocycles. The lowest BCUT2D eigenvalue weighted by Gasteiger charge is -2.38. The number of benzene rings is 2. The summed E-state index contributed by atoms with van der Waals surface area (Å²) in [5.74, 6) is 0.783. The van der Waals surface area contributed by atoms with E-state index in [1.165, 1.54) is 0 Å². The van der Waals surface area contributed by atoms with Crippen molar-refractivity contribution in [3.8, 4) is 0 Å². The minimum atomic E-state index is -3.41. The Morgan fingerprint density at radius 2 is 1.84 bits per heavy atom. The highest BCUT2D eigenvalue weighted by molar-refractivity contribution is 7.91. The Hall–Kier alpha value is -2.92. The summed E-state index contributed by atoms with van der Waals surface area (Å²) in [7, 11) is -3.41. The van der Waals surface area contributed by atoms with Gasteiger partial charge in [-0.1, -0.05) is 11.6 Å². The van der Waals surface area contributed by atoms with E-state index in [1.807, 2.05) is 30.3 Å².